The lowest BCUT2D eigenvalue weighted by Gasteiger charge is -2.08. The second-order valence-electron chi connectivity index (χ2n) is 4.55. The van der Waals surface area contributed by atoms with Gasteiger partial charge in [0.2, 0.25) is 0 Å². The van der Waals surface area contributed by atoms with E-state index in [9.17, 15) is 9.59 Å². The monoisotopic (exact) mass is 286 g/mol. The Hall–Kier alpha value is -2.33. The number of benzene rings is 2. The second kappa shape index (κ2) is 4.65. The minimum atomic E-state index is -0.477. The first kappa shape index (κ1) is 12.7. The minimum absolute atomic E-state index is 0.343. The molecule has 1 N–H and O–H groups in total. The van der Waals surface area contributed by atoms with Crippen LogP contribution < -0.4 is 11.2 Å². The molecule has 0 radical (unpaired) electrons. The second-order valence-corrected chi connectivity index (χ2v) is 4.98. The van der Waals surface area contributed by atoms with E-state index in [4.69, 9.17) is 11.6 Å². The largest absolute Gasteiger partial charge is 0.333 e. The number of fused-ring (bicyclic) bond motifs is 1. The van der Waals surface area contributed by atoms with E-state index >= 15 is 0 Å². The molecule has 20 heavy (non-hydrogen) atoms. The van der Waals surface area contributed by atoms with Gasteiger partial charge >= 0.3 is 5.69 Å². The molecule has 0 amide bonds. The number of rotatable bonds is 1. The Morgan fingerprint density at radius 1 is 1.10 bits per heavy atom. The van der Waals surface area contributed by atoms with E-state index < -0.39 is 5.69 Å². The van der Waals surface area contributed by atoms with Crippen molar-refractivity contribution in [3.63, 3.8) is 0 Å². The van der Waals surface area contributed by atoms with E-state index in [1.54, 1.807) is 36.4 Å². The summed E-state index contributed by atoms with van der Waals surface area (Å²) in [4.78, 5) is 27.4. The molecule has 3 rings (SSSR count). The number of aryl methyl sites for hydroxylation is 1. The molecule has 5 heteroatoms. The maximum atomic E-state index is 12.6. The van der Waals surface area contributed by atoms with Crippen molar-refractivity contribution in [2.24, 2.45) is 0 Å². The molecule has 4 nitrogen and oxygen atoms in total. The van der Waals surface area contributed by atoms with Crippen molar-refractivity contribution in [2.45, 2.75) is 6.92 Å². The Morgan fingerprint density at radius 3 is 2.60 bits per heavy atom. The Balaban J connectivity index is 2.46. The van der Waals surface area contributed by atoms with Crippen LogP contribution in [0.4, 0.5) is 0 Å². The van der Waals surface area contributed by atoms with Crippen molar-refractivity contribution in [2.75, 3.05) is 0 Å². The van der Waals surface area contributed by atoms with Gasteiger partial charge in [0, 0.05) is 5.02 Å². The number of hydrogen-bond donors (Lipinski definition) is 1. The van der Waals surface area contributed by atoms with Crippen molar-refractivity contribution in [1.82, 2.24) is 9.55 Å². The van der Waals surface area contributed by atoms with Crippen LogP contribution in [-0.2, 0) is 0 Å². The Morgan fingerprint density at radius 2 is 1.85 bits per heavy atom. The molecule has 0 aliphatic carbocycles. The maximum absolute atomic E-state index is 12.6. The predicted molar refractivity (Wildman–Crippen MR) is 79.9 cm³/mol. The SMILES string of the molecule is Cc1cccc2[nH]c(=O)n(-c3cccc(Cl)c3)c(=O)c12. The summed E-state index contributed by atoms with van der Waals surface area (Å²) in [6, 6.07) is 12.0. The molecule has 0 atom stereocenters. The van der Waals surface area contributed by atoms with E-state index in [0.717, 1.165) is 10.1 Å². The number of H-pyrrole nitrogens is 1. The van der Waals surface area contributed by atoms with E-state index in [2.05, 4.69) is 4.98 Å². The van der Waals surface area contributed by atoms with Crippen LogP contribution in [-0.4, -0.2) is 9.55 Å². The van der Waals surface area contributed by atoms with Crippen LogP contribution in [0.1, 0.15) is 5.56 Å². The highest BCUT2D eigenvalue weighted by Crippen LogP contribution is 2.14. The number of nitrogens with zero attached hydrogens (tertiary/aromatic N) is 1. The first-order valence-electron chi connectivity index (χ1n) is 6.08. The molecule has 0 aliphatic rings. The van der Waals surface area contributed by atoms with Crippen molar-refractivity contribution < 1.29 is 0 Å². The maximum Gasteiger partial charge on any atom is 0.333 e. The Labute approximate surface area is 119 Å². The van der Waals surface area contributed by atoms with E-state index in [1.807, 2.05) is 13.0 Å². The molecule has 0 fully saturated rings. The summed E-state index contributed by atoms with van der Waals surface area (Å²) >= 11 is 5.92. The van der Waals surface area contributed by atoms with Crippen LogP contribution in [0.5, 0.6) is 0 Å². The number of aromatic amines is 1. The third kappa shape index (κ3) is 1.94. The third-order valence-corrected chi connectivity index (χ3v) is 3.44. The van der Waals surface area contributed by atoms with Crippen molar-refractivity contribution in [3.8, 4) is 5.69 Å². The number of aromatic nitrogens is 2. The van der Waals surface area contributed by atoms with Gasteiger partial charge < -0.3 is 4.98 Å². The highest BCUT2D eigenvalue weighted by atomic mass is 35.5. The molecule has 0 saturated carbocycles. The molecular formula is C15H11ClN2O2. The van der Waals surface area contributed by atoms with Gasteiger partial charge in [-0.15, -0.1) is 0 Å². The van der Waals surface area contributed by atoms with Crippen LogP contribution in [0, 0.1) is 6.92 Å². The molecule has 0 saturated heterocycles. The lowest BCUT2D eigenvalue weighted by atomic mass is 10.1. The van der Waals surface area contributed by atoms with Crippen LogP contribution in [0.15, 0.2) is 52.1 Å². The zero-order valence-electron chi connectivity index (χ0n) is 10.7. The summed E-state index contributed by atoms with van der Waals surface area (Å²) in [5, 5.41) is 0.978. The van der Waals surface area contributed by atoms with Gasteiger partial charge in [0.15, 0.2) is 0 Å². The smallest absolute Gasteiger partial charge is 0.306 e. The topological polar surface area (TPSA) is 54.9 Å². The molecule has 1 heterocycles. The van der Waals surface area contributed by atoms with Gasteiger partial charge in [-0.2, -0.15) is 0 Å². The summed E-state index contributed by atoms with van der Waals surface area (Å²) in [6.45, 7) is 1.84. The van der Waals surface area contributed by atoms with Crippen LogP contribution in [0.3, 0.4) is 0 Å². The Kier molecular flexibility index (Phi) is 2.95. The normalized spacial score (nSPS) is 10.9. The number of hydrogen-bond acceptors (Lipinski definition) is 2. The molecule has 2 aromatic carbocycles. The molecule has 0 unspecified atom stereocenters. The fourth-order valence-corrected chi connectivity index (χ4v) is 2.47. The highest BCUT2D eigenvalue weighted by Gasteiger charge is 2.11. The van der Waals surface area contributed by atoms with Crippen molar-refractivity contribution in [1.29, 1.82) is 0 Å². The van der Waals surface area contributed by atoms with Gasteiger partial charge in [-0.3, -0.25) is 4.79 Å². The average Bonchev–Trinajstić information content (AvgIpc) is 2.38. The summed E-state index contributed by atoms with van der Waals surface area (Å²) in [5.74, 6) is 0. The number of nitrogens with one attached hydrogen (secondary N) is 1. The summed E-state index contributed by atoms with van der Waals surface area (Å²) < 4.78 is 1.10. The van der Waals surface area contributed by atoms with Gasteiger partial charge in [-0.1, -0.05) is 29.8 Å². The highest BCUT2D eigenvalue weighted by molar-refractivity contribution is 6.30. The van der Waals surface area contributed by atoms with E-state index in [1.165, 1.54) is 0 Å². The van der Waals surface area contributed by atoms with E-state index in [-0.39, 0.29) is 5.56 Å². The Bertz CT molecular complexity index is 925. The van der Waals surface area contributed by atoms with Gasteiger partial charge in [0.05, 0.1) is 16.6 Å². The first-order chi connectivity index (χ1) is 9.58. The van der Waals surface area contributed by atoms with Gasteiger partial charge in [-0.25, -0.2) is 9.36 Å². The van der Waals surface area contributed by atoms with Crippen LogP contribution in [0.25, 0.3) is 16.6 Å². The third-order valence-electron chi connectivity index (χ3n) is 3.20. The standard InChI is InChI=1S/C15H11ClN2O2/c1-9-4-2-7-12-13(9)14(19)18(15(20)17-12)11-6-3-5-10(16)8-11/h2-8H,1H3,(H,17,20). The molecule has 0 spiro atoms. The summed E-state index contributed by atoms with van der Waals surface area (Å²) in [5.41, 5.74) is 0.992. The fraction of sp³-hybridized carbons (Fsp3) is 0.0667. The average molecular weight is 287 g/mol. The van der Waals surface area contributed by atoms with Gasteiger partial charge in [-0.05, 0) is 36.8 Å². The molecule has 100 valence electrons. The molecule has 0 bridgehead atoms. The van der Waals surface area contributed by atoms with Crippen molar-refractivity contribution in [3.05, 3.63) is 73.9 Å². The zero-order valence-corrected chi connectivity index (χ0v) is 11.4. The zero-order chi connectivity index (χ0) is 14.3. The lowest BCUT2D eigenvalue weighted by Crippen LogP contribution is -2.33. The van der Waals surface area contributed by atoms with Crippen LogP contribution in [0.2, 0.25) is 5.02 Å². The van der Waals surface area contributed by atoms with Crippen LogP contribution >= 0.6 is 11.6 Å². The van der Waals surface area contributed by atoms with Gasteiger partial charge in [0.1, 0.15) is 0 Å². The summed E-state index contributed by atoms with van der Waals surface area (Å²) in [6.07, 6.45) is 0. The lowest BCUT2D eigenvalue weighted by molar-refractivity contribution is 0.900. The molecule has 0 aliphatic heterocycles. The van der Waals surface area contributed by atoms with Crippen molar-refractivity contribution >= 4 is 22.5 Å². The molecule has 3 aromatic rings. The fourth-order valence-electron chi connectivity index (χ4n) is 2.28. The molecular weight excluding hydrogens is 276 g/mol. The van der Waals surface area contributed by atoms with E-state index in [0.29, 0.717) is 21.6 Å². The van der Waals surface area contributed by atoms with Gasteiger partial charge in [0.25, 0.3) is 5.56 Å². The predicted octanol–water partition coefficient (Wildman–Crippen LogP) is 2.64. The minimum Gasteiger partial charge on any atom is -0.306 e. The summed E-state index contributed by atoms with van der Waals surface area (Å²) in [7, 11) is 0. The quantitative estimate of drug-likeness (QED) is 0.748. The number of halogens is 1. The first-order valence-corrected chi connectivity index (χ1v) is 6.46. The molecule has 1 aromatic heterocycles.